The first kappa shape index (κ1) is 21.9. The van der Waals surface area contributed by atoms with Crippen LogP contribution in [0.5, 0.6) is 0 Å². The second-order valence-electron chi connectivity index (χ2n) is 7.05. The number of rotatable bonds is 7. The second kappa shape index (κ2) is 9.52. The van der Waals surface area contributed by atoms with Crippen LogP contribution >= 0.6 is 11.8 Å². The molecule has 0 aliphatic heterocycles. The molecule has 3 heterocycles. The second-order valence-corrected chi connectivity index (χ2v) is 8.01. The van der Waals surface area contributed by atoms with Crippen molar-refractivity contribution in [3.8, 4) is 5.69 Å². The summed E-state index contributed by atoms with van der Waals surface area (Å²) in [6.07, 6.45) is 2.98. The Balaban J connectivity index is 1.51. The van der Waals surface area contributed by atoms with E-state index in [1.807, 2.05) is 30.3 Å². The summed E-state index contributed by atoms with van der Waals surface area (Å²) >= 11 is 1.13. The number of nitrogens with zero attached hydrogens (tertiary/aromatic N) is 8. The highest BCUT2D eigenvalue weighted by atomic mass is 32.2. The van der Waals surface area contributed by atoms with Gasteiger partial charge in [-0.2, -0.15) is 9.78 Å². The molecular formula is C22H15N9O3S. The number of anilines is 1. The SMILES string of the molecule is O=c1c(/C=N/Nc2ccc([N+](=O)[O-])cc2)c(Sc2nnnn2-c2ccccc2)nc2ccccn12. The lowest BCUT2D eigenvalue weighted by atomic mass is 10.3. The third-order valence-electron chi connectivity index (χ3n) is 4.83. The van der Waals surface area contributed by atoms with Crippen LogP contribution in [0.25, 0.3) is 11.3 Å². The van der Waals surface area contributed by atoms with E-state index >= 15 is 0 Å². The van der Waals surface area contributed by atoms with Crippen molar-refractivity contribution in [2.75, 3.05) is 5.43 Å². The molecule has 0 radical (unpaired) electrons. The topological polar surface area (TPSA) is 145 Å². The van der Waals surface area contributed by atoms with Crippen LogP contribution in [-0.2, 0) is 0 Å². The third-order valence-corrected chi connectivity index (χ3v) is 5.77. The van der Waals surface area contributed by atoms with E-state index in [2.05, 4.69) is 31.0 Å². The van der Waals surface area contributed by atoms with Crippen LogP contribution in [0, 0.1) is 10.1 Å². The Hall–Kier alpha value is -4.91. The van der Waals surface area contributed by atoms with Gasteiger partial charge in [-0.25, -0.2) is 4.98 Å². The van der Waals surface area contributed by atoms with Gasteiger partial charge < -0.3 is 0 Å². The van der Waals surface area contributed by atoms with E-state index in [0.29, 0.717) is 21.5 Å². The number of nitro groups is 1. The molecule has 5 aromatic rings. The van der Waals surface area contributed by atoms with E-state index in [1.54, 1.807) is 29.1 Å². The lowest BCUT2D eigenvalue weighted by molar-refractivity contribution is -0.384. The van der Waals surface area contributed by atoms with E-state index in [1.165, 1.54) is 34.9 Å². The van der Waals surface area contributed by atoms with Crippen molar-refractivity contribution in [2.45, 2.75) is 10.2 Å². The lowest BCUT2D eigenvalue weighted by Gasteiger charge is -2.08. The first-order valence-electron chi connectivity index (χ1n) is 10.2. The molecule has 0 aliphatic rings. The average Bonchev–Trinajstić information content (AvgIpc) is 3.35. The molecule has 0 unspecified atom stereocenters. The minimum absolute atomic E-state index is 0.0358. The number of hydrogen-bond acceptors (Lipinski definition) is 10. The number of benzene rings is 2. The van der Waals surface area contributed by atoms with Crippen LogP contribution in [0.1, 0.15) is 5.56 Å². The molecule has 2 aromatic carbocycles. The summed E-state index contributed by atoms with van der Waals surface area (Å²) in [7, 11) is 0. The molecule has 1 N–H and O–H groups in total. The maximum Gasteiger partial charge on any atom is 0.269 e. The fraction of sp³-hybridized carbons (Fsp3) is 0. The van der Waals surface area contributed by atoms with Crippen LogP contribution in [0.15, 0.2) is 99.1 Å². The van der Waals surface area contributed by atoms with E-state index < -0.39 is 4.92 Å². The molecule has 13 heteroatoms. The predicted molar refractivity (Wildman–Crippen MR) is 129 cm³/mol. The summed E-state index contributed by atoms with van der Waals surface area (Å²) in [5.41, 5.74) is 4.36. The van der Waals surface area contributed by atoms with Gasteiger partial charge in [0.1, 0.15) is 10.7 Å². The Bertz CT molecular complexity index is 1600. The van der Waals surface area contributed by atoms with Crippen molar-refractivity contribution in [1.29, 1.82) is 0 Å². The van der Waals surface area contributed by atoms with Crippen molar-refractivity contribution in [2.24, 2.45) is 5.10 Å². The van der Waals surface area contributed by atoms with Crippen LogP contribution in [0.3, 0.4) is 0 Å². The molecule has 0 amide bonds. The van der Waals surface area contributed by atoms with Crippen molar-refractivity contribution in [3.63, 3.8) is 0 Å². The van der Waals surface area contributed by atoms with Crippen LogP contribution < -0.4 is 11.0 Å². The monoisotopic (exact) mass is 485 g/mol. The minimum atomic E-state index is -0.485. The zero-order chi connectivity index (χ0) is 24.2. The average molecular weight is 485 g/mol. The number of hydrazone groups is 1. The molecule has 0 saturated heterocycles. The molecule has 5 rings (SSSR count). The highest BCUT2D eigenvalue weighted by molar-refractivity contribution is 7.99. The highest BCUT2D eigenvalue weighted by Gasteiger charge is 2.17. The standard InChI is InChI=1S/C22H15N9O3S/c32-21-18(14-23-25-15-9-11-17(12-10-15)31(33)34)20(24-19-8-4-5-13-29(19)21)35-22-26-27-28-30(22)16-6-2-1-3-7-16/h1-14,25H/b23-14+. The molecule has 35 heavy (non-hydrogen) atoms. The molecule has 0 saturated carbocycles. The summed E-state index contributed by atoms with van der Waals surface area (Å²) < 4.78 is 2.96. The third kappa shape index (κ3) is 4.60. The van der Waals surface area contributed by atoms with E-state index in [-0.39, 0.29) is 16.8 Å². The summed E-state index contributed by atoms with van der Waals surface area (Å²) in [4.78, 5) is 28.2. The predicted octanol–water partition coefficient (Wildman–Crippen LogP) is 3.18. The number of fused-ring (bicyclic) bond motifs is 1. The summed E-state index contributed by atoms with van der Waals surface area (Å²) in [5.74, 6) is 0. The molecule has 12 nitrogen and oxygen atoms in total. The van der Waals surface area contributed by atoms with E-state index in [0.717, 1.165) is 17.4 Å². The summed E-state index contributed by atoms with van der Waals surface area (Å²) in [6.45, 7) is 0. The molecule has 172 valence electrons. The first-order chi connectivity index (χ1) is 17.1. The Kier molecular flexibility index (Phi) is 5.96. The maximum atomic E-state index is 13.3. The van der Waals surface area contributed by atoms with Gasteiger partial charge in [-0.1, -0.05) is 24.3 Å². The number of tetrazole rings is 1. The van der Waals surface area contributed by atoms with Gasteiger partial charge >= 0.3 is 0 Å². The molecule has 0 bridgehead atoms. The summed E-state index contributed by atoms with van der Waals surface area (Å²) in [5, 5.41) is 27.7. The van der Waals surface area contributed by atoms with Gasteiger partial charge in [0.15, 0.2) is 0 Å². The normalized spacial score (nSPS) is 11.2. The number of nitrogens with one attached hydrogen (secondary N) is 1. The number of hydrogen-bond donors (Lipinski definition) is 1. The van der Waals surface area contributed by atoms with Gasteiger partial charge in [-0.3, -0.25) is 24.7 Å². The van der Waals surface area contributed by atoms with Crippen LogP contribution in [0.4, 0.5) is 11.4 Å². The largest absolute Gasteiger partial charge is 0.278 e. The van der Waals surface area contributed by atoms with Crippen LogP contribution in [-0.4, -0.2) is 40.7 Å². The maximum absolute atomic E-state index is 13.3. The molecule has 0 spiro atoms. The molecule has 0 atom stereocenters. The van der Waals surface area contributed by atoms with E-state index in [4.69, 9.17) is 0 Å². The molecule has 0 aliphatic carbocycles. The Morgan fingerprint density at radius 2 is 1.80 bits per heavy atom. The Morgan fingerprint density at radius 3 is 2.57 bits per heavy atom. The number of non-ortho nitro benzene ring substituents is 1. The number of aromatic nitrogens is 6. The minimum Gasteiger partial charge on any atom is -0.278 e. The summed E-state index contributed by atoms with van der Waals surface area (Å²) in [6, 6.07) is 20.3. The van der Waals surface area contributed by atoms with Crippen molar-refractivity contribution in [3.05, 3.63) is 105 Å². The van der Waals surface area contributed by atoms with E-state index in [9.17, 15) is 14.9 Å². The fourth-order valence-electron chi connectivity index (χ4n) is 3.16. The Morgan fingerprint density at radius 1 is 1.03 bits per heavy atom. The first-order valence-corrected chi connectivity index (χ1v) is 11.0. The van der Waals surface area contributed by atoms with Gasteiger partial charge in [0.2, 0.25) is 5.16 Å². The van der Waals surface area contributed by atoms with Gasteiger partial charge in [-0.05, 0) is 58.6 Å². The quantitative estimate of drug-likeness (QED) is 0.159. The van der Waals surface area contributed by atoms with Crippen LogP contribution in [0.2, 0.25) is 0 Å². The van der Waals surface area contributed by atoms with Gasteiger partial charge in [0.25, 0.3) is 11.2 Å². The Labute approximate surface area is 201 Å². The lowest BCUT2D eigenvalue weighted by Crippen LogP contribution is -2.21. The highest BCUT2D eigenvalue weighted by Crippen LogP contribution is 2.27. The number of pyridine rings is 1. The molecule has 0 fully saturated rings. The van der Waals surface area contributed by atoms with Crippen molar-refractivity contribution < 1.29 is 4.92 Å². The number of para-hydroxylation sites is 1. The van der Waals surface area contributed by atoms with Crippen molar-refractivity contribution >= 4 is 35.0 Å². The molecular weight excluding hydrogens is 470 g/mol. The smallest absolute Gasteiger partial charge is 0.269 e. The zero-order valence-electron chi connectivity index (χ0n) is 17.8. The van der Waals surface area contributed by atoms with Gasteiger partial charge in [0, 0.05) is 18.3 Å². The molecule has 3 aromatic heterocycles. The fourth-order valence-corrected chi connectivity index (χ4v) is 4.03. The van der Waals surface area contributed by atoms with Gasteiger partial charge in [-0.15, -0.1) is 5.10 Å². The zero-order valence-corrected chi connectivity index (χ0v) is 18.6. The number of nitro benzene ring substituents is 1. The van der Waals surface area contributed by atoms with Crippen molar-refractivity contribution in [1.82, 2.24) is 29.6 Å². The van der Waals surface area contributed by atoms with Gasteiger partial charge in [0.05, 0.1) is 28.1 Å².